The van der Waals surface area contributed by atoms with E-state index in [9.17, 15) is 0 Å². The summed E-state index contributed by atoms with van der Waals surface area (Å²) in [5.74, 6) is 5.96. The van der Waals surface area contributed by atoms with E-state index in [0.717, 1.165) is 5.56 Å². The molecule has 2 rings (SSSR count). The average molecular weight is 278 g/mol. The number of aromatic nitrogens is 5. The fourth-order valence-electron chi connectivity index (χ4n) is 1.57. The van der Waals surface area contributed by atoms with E-state index in [0.29, 0.717) is 25.6 Å². The topological polar surface area (TPSA) is 116 Å². The van der Waals surface area contributed by atoms with Gasteiger partial charge >= 0.3 is 6.01 Å². The summed E-state index contributed by atoms with van der Waals surface area (Å²) in [6.07, 6.45) is 3.78. The minimum Gasteiger partial charge on any atom is -0.464 e. The molecule has 0 aliphatic rings. The molecule has 2 aromatic heterocycles. The molecule has 0 aliphatic heterocycles. The highest BCUT2D eigenvalue weighted by molar-refractivity contribution is 5.34. The van der Waals surface area contributed by atoms with Crippen LogP contribution in [0.4, 0.5) is 11.9 Å². The first-order chi connectivity index (χ1) is 9.71. The molecule has 0 radical (unpaired) electrons. The third-order valence-electron chi connectivity index (χ3n) is 2.40. The molecule has 0 aromatic carbocycles. The van der Waals surface area contributed by atoms with Crippen LogP contribution in [0.2, 0.25) is 0 Å². The molecule has 0 spiro atoms. The molecule has 0 saturated carbocycles. The Bertz CT molecular complexity index is 555. The first kappa shape index (κ1) is 14.0. The van der Waals surface area contributed by atoms with Crippen LogP contribution in [0.1, 0.15) is 12.5 Å². The second kappa shape index (κ2) is 6.66. The normalized spacial score (nSPS) is 10.3. The Kier molecular flexibility index (Phi) is 4.66. The van der Waals surface area contributed by atoms with Crippen LogP contribution in [-0.4, -0.2) is 37.9 Å². The number of anilines is 2. The van der Waals surface area contributed by atoms with Crippen molar-refractivity contribution in [1.82, 2.24) is 24.7 Å². The second-order valence-electron chi connectivity index (χ2n) is 4.05. The Morgan fingerprint density at radius 3 is 2.75 bits per heavy atom. The van der Waals surface area contributed by atoms with Crippen molar-refractivity contribution >= 4 is 11.9 Å². The highest BCUT2D eigenvalue weighted by atomic mass is 16.5. The molecule has 2 aromatic rings. The van der Waals surface area contributed by atoms with Crippen molar-refractivity contribution in [2.75, 3.05) is 23.9 Å². The number of hydrazine groups is 1. The summed E-state index contributed by atoms with van der Waals surface area (Å²) in [6.45, 7) is 5.65. The molecule has 9 heteroatoms. The van der Waals surface area contributed by atoms with Gasteiger partial charge in [0.1, 0.15) is 0 Å². The summed E-state index contributed by atoms with van der Waals surface area (Å²) >= 11 is 0. The Hall–Kier alpha value is -2.42. The zero-order valence-corrected chi connectivity index (χ0v) is 11.5. The smallest absolute Gasteiger partial charge is 0.323 e. The van der Waals surface area contributed by atoms with Gasteiger partial charge < -0.3 is 10.1 Å². The van der Waals surface area contributed by atoms with Crippen molar-refractivity contribution in [3.8, 4) is 6.01 Å². The zero-order valence-electron chi connectivity index (χ0n) is 11.5. The standard InChI is InChI=1S/C11H18N8O/c1-3-20-11-16-9(15-10(17-11)18-12)13-4-5-19-7-8(2)6-14-19/h6-7H,3-5,12H2,1-2H3,(H2,13,15,16,17,18). The Balaban J connectivity index is 1.95. The van der Waals surface area contributed by atoms with E-state index in [2.05, 4.69) is 30.8 Å². The van der Waals surface area contributed by atoms with E-state index < -0.39 is 0 Å². The number of nitrogen functional groups attached to an aromatic ring is 1. The van der Waals surface area contributed by atoms with Gasteiger partial charge in [-0.05, 0) is 19.4 Å². The lowest BCUT2D eigenvalue weighted by molar-refractivity contribution is 0.312. The molecule has 0 atom stereocenters. The van der Waals surface area contributed by atoms with E-state index in [1.807, 2.05) is 30.9 Å². The lowest BCUT2D eigenvalue weighted by Crippen LogP contribution is -2.16. The first-order valence-electron chi connectivity index (χ1n) is 6.29. The van der Waals surface area contributed by atoms with Gasteiger partial charge in [-0.1, -0.05) is 0 Å². The monoisotopic (exact) mass is 278 g/mol. The van der Waals surface area contributed by atoms with Crippen LogP contribution in [-0.2, 0) is 6.54 Å². The number of aryl methyl sites for hydroxylation is 1. The minimum atomic E-state index is 0.230. The van der Waals surface area contributed by atoms with E-state index >= 15 is 0 Å². The van der Waals surface area contributed by atoms with Gasteiger partial charge in [0, 0.05) is 12.7 Å². The molecule has 0 unspecified atom stereocenters. The molecular formula is C11H18N8O. The van der Waals surface area contributed by atoms with Gasteiger partial charge in [-0.25, -0.2) is 5.84 Å². The van der Waals surface area contributed by atoms with Crippen molar-refractivity contribution in [2.24, 2.45) is 5.84 Å². The molecule has 0 bridgehead atoms. The van der Waals surface area contributed by atoms with Crippen LogP contribution in [0, 0.1) is 6.92 Å². The van der Waals surface area contributed by atoms with Gasteiger partial charge in [0.2, 0.25) is 11.9 Å². The molecule has 20 heavy (non-hydrogen) atoms. The zero-order chi connectivity index (χ0) is 14.4. The first-order valence-corrected chi connectivity index (χ1v) is 6.29. The predicted octanol–water partition coefficient (Wildman–Crippen LogP) is 0.173. The third-order valence-corrected chi connectivity index (χ3v) is 2.40. The van der Waals surface area contributed by atoms with Crippen LogP contribution in [0.5, 0.6) is 6.01 Å². The number of nitrogens with two attached hydrogens (primary N) is 1. The summed E-state index contributed by atoms with van der Waals surface area (Å²) in [5, 5.41) is 7.27. The molecule has 0 aliphatic carbocycles. The molecule has 2 heterocycles. The van der Waals surface area contributed by atoms with E-state index in [4.69, 9.17) is 10.6 Å². The van der Waals surface area contributed by atoms with Gasteiger partial charge in [0.15, 0.2) is 0 Å². The molecule has 0 saturated heterocycles. The lowest BCUT2D eigenvalue weighted by Gasteiger charge is -2.08. The van der Waals surface area contributed by atoms with Gasteiger partial charge in [-0.15, -0.1) is 0 Å². The quantitative estimate of drug-likeness (QED) is 0.485. The van der Waals surface area contributed by atoms with Crippen LogP contribution in [0.25, 0.3) is 0 Å². The van der Waals surface area contributed by atoms with Crippen LogP contribution < -0.4 is 21.3 Å². The number of nitrogens with zero attached hydrogens (tertiary/aromatic N) is 5. The summed E-state index contributed by atoms with van der Waals surface area (Å²) in [4.78, 5) is 12.2. The van der Waals surface area contributed by atoms with Crippen LogP contribution >= 0.6 is 0 Å². The van der Waals surface area contributed by atoms with Crippen molar-refractivity contribution in [2.45, 2.75) is 20.4 Å². The second-order valence-corrected chi connectivity index (χ2v) is 4.05. The fourth-order valence-corrected chi connectivity index (χ4v) is 1.57. The predicted molar refractivity (Wildman–Crippen MR) is 74.3 cm³/mol. The van der Waals surface area contributed by atoms with E-state index in [-0.39, 0.29) is 12.0 Å². The molecule has 108 valence electrons. The number of rotatable bonds is 7. The lowest BCUT2D eigenvalue weighted by atomic mass is 10.4. The number of hydrogen-bond acceptors (Lipinski definition) is 8. The number of ether oxygens (including phenoxy) is 1. The SMILES string of the molecule is CCOc1nc(NN)nc(NCCn2cc(C)cn2)n1. The number of nitrogens with one attached hydrogen (secondary N) is 2. The van der Waals surface area contributed by atoms with Crippen LogP contribution in [0.3, 0.4) is 0 Å². The van der Waals surface area contributed by atoms with Crippen molar-refractivity contribution in [3.63, 3.8) is 0 Å². The maximum Gasteiger partial charge on any atom is 0.323 e. The maximum atomic E-state index is 5.31. The van der Waals surface area contributed by atoms with Crippen molar-refractivity contribution < 1.29 is 4.74 Å². The molecule has 9 nitrogen and oxygen atoms in total. The molecule has 4 N–H and O–H groups in total. The minimum absolute atomic E-state index is 0.230. The van der Waals surface area contributed by atoms with Crippen molar-refractivity contribution in [3.05, 3.63) is 18.0 Å². The van der Waals surface area contributed by atoms with Gasteiger partial charge in [0.05, 0.1) is 19.3 Å². The number of hydrogen-bond donors (Lipinski definition) is 3. The maximum absolute atomic E-state index is 5.31. The Morgan fingerprint density at radius 2 is 2.10 bits per heavy atom. The summed E-state index contributed by atoms with van der Waals surface area (Å²) in [5.41, 5.74) is 3.50. The molecular weight excluding hydrogens is 260 g/mol. The van der Waals surface area contributed by atoms with Gasteiger partial charge in [0.25, 0.3) is 0 Å². The fraction of sp³-hybridized carbons (Fsp3) is 0.455. The molecule has 0 fully saturated rings. The summed E-state index contributed by atoms with van der Waals surface area (Å²) < 4.78 is 7.08. The van der Waals surface area contributed by atoms with Crippen molar-refractivity contribution in [1.29, 1.82) is 0 Å². The largest absolute Gasteiger partial charge is 0.464 e. The third kappa shape index (κ3) is 3.79. The van der Waals surface area contributed by atoms with E-state index in [1.165, 1.54) is 0 Å². The highest BCUT2D eigenvalue weighted by Crippen LogP contribution is 2.10. The van der Waals surface area contributed by atoms with Gasteiger partial charge in [-0.3, -0.25) is 10.1 Å². The van der Waals surface area contributed by atoms with Crippen LogP contribution in [0.15, 0.2) is 12.4 Å². The average Bonchev–Trinajstić information content (AvgIpc) is 2.84. The molecule has 0 amide bonds. The Labute approximate surface area is 116 Å². The van der Waals surface area contributed by atoms with E-state index in [1.54, 1.807) is 0 Å². The summed E-state index contributed by atoms with van der Waals surface area (Å²) in [7, 11) is 0. The van der Waals surface area contributed by atoms with Gasteiger partial charge in [-0.2, -0.15) is 20.1 Å². The Morgan fingerprint density at radius 1 is 1.30 bits per heavy atom. The highest BCUT2D eigenvalue weighted by Gasteiger charge is 2.06. The summed E-state index contributed by atoms with van der Waals surface area (Å²) in [6, 6.07) is 0.230.